The molecular weight excluding hydrogens is 338 g/mol. The normalized spacial score (nSPS) is 30.2. The van der Waals surface area contributed by atoms with Gasteiger partial charge in [-0.05, 0) is 49.4 Å². The number of anilines is 1. The van der Waals surface area contributed by atoms with E-state index in [1.807, 2.05) is 24.3 Å². The number of nitriles is 1. The summed E-state index contributed by atoms with van der Waals surface area (Å²) in [4.78, 5) is 12.5. The summed E-state index contributed by atoms with van der Waals surface area (Å²) in [7, 11) is 0. The second kappa shape index (κ2) is 6.83. The number of carbonyl (C=O) groups is 1. The van der Waals surface area contributed by atoms with Crippen LogP contribution in [0.5, 0.6) is 0 Å². The maximum Gasteiger partial charge on any atom is 0.228 e. The van der Waals surface area contributed by atoms with E-state index in [0.717, 1.165) is 12.1 Å². The van der Waals surface area contributed by atoms with Crippen LogP contribution in [0.2, 0.25) is 5.02 Å². The van der Waals surface area contributed by atoms with E-state index in [1.54, 1.807) is 0 Å². The fraction of sp³-hybridized carbons (Fsp3) is 0.556. The van der Waals surface area contributed by atoms with Crippen LogP contribution in [0.15, 0.2) is 24.3 Å². The van der Waals surface area contributed by atoms with Gasteiger partial charge in [-0.3, -0.25) is 4.79 Å². The molecule has 3 fully saturated rings. The van der Waals surface area contributed by atoms with E-state index in [-0.39, 0.29) is 30.1 Å². The monoisotopic (exact) mass is 359 g/mol. The Hall–Kier alpha value is -1.81. The first-order valence-corrected chi connectivity index (χ1v) is 9.26. The van der Waals surface area contributed by atoms with Crippen molar-refractivity contribution in [3.05, 3.63) is 29.3 Å². The maximum absolute atomic E-state index is 12.5. The molecule has 1 amide bonds. The number of fused-ring (bicyclic) bond motifs is 1. The second-order valence-corrected chi connectivity index (χ2v) is 7.54. The van der Waals surface area contributed by atoms with E-state index in [9.17, 15) is 10.1 Å². The van der Waals surface area contributed by atoms with Crippen molar-refractivity contribution < 1.29 is 4.79 Å². The molecule has 1 aromatic carbocycles. The van der Waals surface area contributed by atoms with Gasteiger partial charge in [0.1, 0.15) is 6.17 Å². The van der Waals surface area contributed by atoms with Crippen LogP contribution in [0.3, 0.4) is 0 Å². The lowest BCUT2D eigenvalue weighted by molar-refractivity contribution is -0.128. The Morgan fingerprint density at radius 3 is 2.76 bits per heavy atom. The molecule has 132 valence electrons. The molecule has 4 rings (SSSR count). The van der Waals surface area contributed by atoms with Crippen LogP contribution in [0.1, 0.15) is 25.7 Å². The summed E-state index contributed by atoms with van der Waals surface area (Å²) in [6.07, 6.45) is 3.55. The minimum absolute atomic E-state index is 0.0734. The van der Waals surface area contributed by atoms with Gasteiger partial charge in [0.15, 0.2) is 0 Å². The van der Waals surface area contributed by atoms with Gasteiger partial charge in [0, 0.05) is 29.3 Å². The predicted molar refractivity (Wildman–Crippen MR) is 95.5 cm³/mol. The Balaban J connectivity index is 1.57. The molecule has 0 aromatic heterocycles. The van der Waals surface area contributed by atoms with Gasteiger partial charge in [-0.25, -0.2) is 10.4 Å². The Bertz CT molecular complexity index is 684. The summed E-state index contributed by atoms with van der Waals surface area (Å²) in [5.41, 5.74) is 4.43. The minimum atomic E-state index is -0.189. The third-order valence-corrected chi connectivity index (χ3v) is 5.70. The summed E-state index contributed by atoms with van der Waals surface area (Å²) >= 11 is 5.96. The van der Waals surface area contributed by atoms with Crippen LogP contribution in [0.25, 0.3) is 0 Å². The van der Waals surface area contributed by atoms with Crippen LogP contribution in [-0.4, -0.2) is 35.7 Å². The van der Waals surface area contributed by atoms with E-state index < -0.39 is 0 Å². The van der Waals surface area contributed by atoms with Crippen molar-refractivity contribution >= 4 is 23.2 Å². The van der Waals surface area contributed by atoms with Crippen molar-refractivity contribution in [3.63, 3.8) is 0 Å². The molecule has 3 unspecified atom stereocenters. The van der Waals surface area contributed by atoms with Gasteiger partial charge in [0.25, 0.3) is 0 Å². The number of nitrogens with zero attached hydrogens (tertiary/aromatic N) is 2. The highest BCUT2D eigenvalue weighted by molar-refractivity contribution is 6.30. The summed E-state index contributed by atoms with van der Waals surface area (Å²) in [6.45, 7) is 0.690. The van der Waals surface area contributed by atoms with Gasteiger partial charge >= 0.3 is 0 Å². The number of hydrazine groups is 1. The zero-order valence-electron chi connectivity index (χ0n) is 13.9. The number of benzene rings is 1. The van der Waals surface area contributed by atoms with Gasteiger partial charge in [-0.1, -0.05) is 11.6 Å². The van der Waals surface area contributed by atoms with Crippen molar-refractivity contribution in [3.8, 4) is 6.07 Å². The summed E-state index contributed by atoms with van der Waals surface area (Å²) in [6, 6.07) is 10.1. The first kappa shape index (κ1) is 16.6. The van der Waals surface area contributed by atoms with Crippen molar-refractivity contribution in [2.24, 2.45) is 11.8 Å². The molecule has 6 nitrogen and oxygen atoms in total. The van der Waals surface area contributed by atoms with Gasteiger partial charge in [0.05, 0.1) is 18.4 Å². The fourth-order valence-electron chi connectivity index (χ4n) is 4.09. The number of hydrogen-bond donors (Lipinski definition) is 3. The highest BCUT2D eigenvalue weighted by Gasteiger charge is 2.51. The zero-order chi connectivity index (χ0) is 17.4. The lowest BCUT2D eigenvalue weighted by Gasteiger charge is -2.34. The van der Waals surface area contributed by atoms with E-state index >= 15 is 0 Å². The Kier molecular flexibility index (Phi) is 4.55. The largest absolute Gasteiger partial charge is 0.368 e. The number of halogens is 1. The SMILES string of the molecule is N#CC[C@@H](C1CC1)N1NC(Nc2ccc(Cl)cc2)C2C(=O)NCCC21. The van der Waals surface area contributed by atoms with Crippen molar-refractivity contribution in [2.45, 2.75) is 43.9 Å². The molecule has 0 radical (unpaired) electrons. The smallest absolute Gasteiger partial charge is 0.228 e. The average molecular weight is 360 g/mol. The summed E-state index contributed by atoms with van der Waals surface area (Å²) < 4.78 is 0. The van der Waals surface area contributed by atoms with Crippen molar-refractivity contribution in [1.82, 2.24) is 15.8 Å². The molecule has 0 bridgehead atoms. The standard InChI is InChI=1S/C18H22ClN5O/c19-12-3-5-13(6-4-12)22-17-16-15(8-10-21-18(16)25)24(23-17)14(7-9-20)11-1-2-11/h3-6,11,14-17,22-23H,1-2,7-8,10H2,(H,21,25)/t14-,15?,16?,17?/m0/s1. The van der Waals surface area contributed by atoms with Gasteiger partial charge in [0.2, 0.25) is 5.91 Å². The first-order chi connectivity index (χ1) is 12.2. The average Bonchev–Trinajstić information content (AvgIpc) is 3.38. The molecule has 1 aliphatic carbocycles. The summed E-state index contributed by atoms with van der Waals surface area (Å²) in [5.74, 6) is 0.459. The number of carbonyl (C=O) groups excluding carboxylic acids is 1. The lowest BCUT2D eigenvalue weighted by Crippen LogP contribution is -2.52. The minimum Gasteiger partial charge on any atom is -0.368 e. The molecular formula is C18H22ClN5O. The molecule has 25 heavy (non-hydrogen) atoms. The highest BCUT2D eigenvalue weighted by atomic mass is 35.5. The second-order valence-electron chi connectivity index (χ2n) is 7.11. The van der Waals surface area contributed by atoms with E-state index in [1.165, 1.54) is 12.8 Å². The molecule has 0 spiro atoms. The first-order valence-electron chi connectivity index (χ1n) is 8.88. The molecule has 2 heterocycles. The molecule has 1 saturated carbocycles. The Morgan fingerprint density at radius 1 is 1.32 bits per heavy atom. The topological polar surface area (TPSA) is 80.2 Å². The molecule has 4 atom stereocenters. The molecule has 1 aromatic rings. The van der Waals surface area contributed by atoms with Crippen LogP contribution in [-0.2, 0) is 4.79 Å². The number of rotatable bonds is 5. The molecule has 3 aliphatic rings. The van der Waals surface area contributed by atoms with Crippen molar-refractivity contribution in [2.75, 3.05) is 11.9 Å². The number of nitrogens with one attached hydrogen (secondary N) is 3. The van der Waals surface area contributed by atoms with Crippen LogP contribution in [0.4, 0.5) is 5.69 Å². The van der Waals surface area contributed by atoms with E-state index in [0.29, 0.717) is 23.9 Å². The third-order valence-electron chi connectivity index (χ3n) is 5.45. The zero-order valence-corrected chi connectivity index (χ0v) is 14.7. The number of piperidine rings is 1. The van der Waals surface area contributed by atoms with Crippen LogP contribution < -0.4 is 16.1 Å². The van der Waals surface area contributed by atoms with Crippen molar-refractivity contribution in [1.29, 1.82) is 5.26 Å². The predicted octanol–water partition coefficient (Wildman–Crippen LogP) is 2.10. The maximum atomic E-state index is 12.5. The van der Waals surface area contributed by atoms with Gasteiger partial charge in [-0.2, -0.15) is 5.26 Å². The highest BCUT2D eigenvalue weighted by Crippen LogP contribution is 2.41. The Labute approximate surface area is 152 Å². The number of hydrogen-bond acceptors (Lipinski definition) is 5. The molecule has 7 heteroatoms. The molecule has 2 saturated heterocycles. The lowest BCUT2D eigenvalue weighted by atomic mass is 9.90. The molecule has 3 N–H and O–H groups in total. The van der Waals surface area contributed by atoms with Crippen LogP contribution in [0, 0.1) is 23.2 Å². The Morgan fingerprint density at radius 2 is 2.08 bits per heavy atom. The molecule has 2 aliphatic heterocycles. The number of amides is 1. The van der Waals surface area contributed by atoms with Crippen LogP contribution >= 0.6 is 11.6 Å². The van der Waals surface area contributed by atoms with E-state index in [4.69, 9.17) is 11.6 Å². The van der Waals surface area contributed by atoms with Gasteiger partial charge in [-0.15, -0.1) is 0 Å². The fourth-order valence-corrected chi connectivity index (χ4v) is 4.22. The summed E-state index contributed by atoms with van der Waals surface area (Å²) in [5, 5.41) is 18.5. The van der Waals surface area contributed by atoms with E-state index in [2.05, 4.69) is 27.1 Å². The third kappa shape index (κ3) is 3.32. The quantitative estimate of drug-likeness (QED) is 0.750. The van der Waals surface area contributed by atoms with Gasteiger partial charge < -0.3 is 10.6 Å².